The number of unbranched alkanes of at least 4 members (excludes halogenated alkanes) is 1. The van der Waals surface area contributed by atoms with Gasteiger partial charge in [0.2, 0.25) is 0 Å². The number of nitrogens with zero attached hydrogens (tertiary/aromatic N) is 1. The predicted octanol–water partition coefficient (Wildman–Crippen LogP) is 4.59. The van der Waals surface area contributed by atoms with Crippen LogP contribution >= 0.6 is 0 Å². The van der Waals surface area contributed by atoms with E-state index in [1.54, 1.807) is 18.2 Å². The monoisotopic (exact) mass is 450 g/mol. The third kappa shape index (κ3) is 8.34. The van der Waals surface area contributed by atoms with Gasteiger partial charge < -0.3 is 19.5 Å². The molecule has 2 rings (SSSR count). The molecule has 1 N–H and O–H groups in total. The number of carbonyl (C=O) groups is 2. The van der Waals surface area contributed by atoms with Crippen molar-refractivity contribution < 1.29 is 23.8 Å². The zero-order valence-corrected chi connectivity index (χ0v) is 19.3. The molecule has 0 aliphatic carbocycles. The molecular weight excluding hydrogens is 420 g/mol. The molecular formula is C26H30N2O5. The van der Waals surface area contributed by atoms with E-state index in [0.29, 0.717) is 30.9 Å². The minimum absolute atomic E-state index is 0.00782. The summed E-state index contributed by atoms with van der Waals surface area (Å²) in [6, 6.07) is 14.5. The first-order chi connectivity index (χ1) is 16.0. The summed E-state index contributed by atoms with van der Waals surface area (Å²) in [5.74, 6) is 0.570. The third-order valence-corrected chi connectivity index (χ3v) is 4.78. The molecule has 0 heterocycles. The second kappa shape index (κ2) is 13.6. The van der Waals surface area contributed by atoms with Crippen LogP contribution in [0.4, 0.5) is 0 Å². The SMILES string of the molecule is CCCCNC(=O)/C(C#N)=C/c1ccc(OC(=O)CCCOc2ccccc2C)c(OC)c1. The number of ether oxygens (including phenoxy) is 3. The van der Waals surface area contributed by atoms with Gasteiger partial charge in [0.1, 0.15) is 17.4 Å². The maximum Gasteiger partial charge on any atom is 0.311 e. The smallest absolute Gasteiger partial charge is 0.311 e. The van der Waals surface area contributed by atoms with Crippen molar-refractivity contribution >= 4 is 18.0 Å². The molecule has 0 bridgehead atoms. The number of rotatable bonds is 12. The third-order valence-electron chi connectivity index (χ3n) is 4.78. The molecule has 0 unspecified atom stereocenters. The zero-order chi connectivity index (χ0) is 24.1. The lowest BCUT2D eigenvalue weighted by Gasteiger charge is -2.11. The van der Waals surface area contributed by atoms with Crippen molar-refractivity contribution in [2.75, 3.05) is 20.3 Å². The average molecular weight is 451 g/mol. The predicted molar refractivity (Wildman–Crippen MR) is 126 cm³/mol. The van der Waals surface area contributed by atoms with Crippen molar-refractivity contribution in [2.24, 2.45) is 0 Å². The molecule has 7 heteroatoms. The van der Waals surface area contributed by atoms with Gasteiger partial charge in [0.05, 0.1) is 13.7 Å². The first kappa shape index (κ1) is 25.5. The van der Waals surface area contributed by atoms with Crippen LogP contribution in [-0.4, -0.2) is 32.1 Å². The Balaban J connectivity index is 1.94. The fourth-order valence-corrected chi connectivity index (χ4v) is 2.94. The van der Waals surface area contributed by atoms with Crippen molar-refractivity contribution in [3.63, 3.8) is 0 Å². The summed E-state index contributed by atoms with van der Waals surface area (Å²) in [6.45, 7) is 4.90. The van der Waals surface area contributed by atoms with Crippen molar-refractivity contribution in [3.8, 4) is 23.3 Å². The van der Waals surface area contributed by atoms with Gasteiger partial charge in [-0.15, -0.1) is 0 Å². The summed E-state index contributed by atoms with van der Waals surface area (Å²) in [5.41, 5.74) is 1.61. The van der Waals surface area contributed by atoms with E-state index in [9.17, 15) is 14.9 Å². The van der Waals surface area contributed by atoms with Crippen LogP contribution in [0.2, 0.25) is 0 Å². The maximum atomic E-state index is 12.2. The van der Waals surface area contributed by atoms with Crippen LogP contribution in [0.25, 0.3) is 6.08 Å². The molecule has 0 radical (unpaired) electrons. The summed E-state index contributed by atoms with van der Waals surface area (Å²) in [7, 11) is 1.46. The number of hydrogen-bond acceptors (Lipinski definition) is 6. The molecule has 0 saturated carbocycles. The van der Waals surface area contributed by atoms with Crippen LogP contribution in [-0.2, 0) is 9.59 Å². The Labute approximate surface area is 195 Å². The molecule has 2 aromatic rings. The summed E-state index contributed by atoms with van der Waals surface area (Å²) in [4.78, 5) is 24.4. The number of nitrogens with one attached hydrogen (secondary N) is 1. The van der Waals surface area contributed by atoms with Crippen LogP contribution in [0.15, 0.2) is 48.0 Å². The van der Waals surface area contributed by atoms with Gasteiger partial charge >= 0.3 is 5.97 Å². The second-order valence-corrected chi connectivity index (χ2v) is 7.38. The van der Waals surface area contributed by atoms with E-state index in [1.165, 1.54) is 13.2 Å². The average Bonchev–Trinajstić information content (AvgIpc) is 2.82. The number of hydrogen-bond donors (Lipinski definition) is 1. The highest BCUT2D eigenvalue weighted by molar-refractivity contribution is 6.01. The Bertz CT molecular complexity index is 1020. The number of methoxy groups -OCH3 is 1. The number of carbonyl (C=O) groups excluding carboxylic acids is 2. The summed E-state index contributed by atoms with van der Waals surface area (Å²) < 4.78 is 16.4. The molecule has 0 aromatic heterocycles. The Morgan fingerprint density at radius 3 is 2.58 bits per heavy atom. The lowest BCUT2D eigenvalue weighted by Crippen LogP contribution is -2.25. The quantitative estimate of drug-likeness (QED) is 0.167. The van der Waals surface area contributed by atoms with Gasteiger partial charge in [-0.2, -0.15) is 5.26 Å². The maximum absolute atomic E-state index is 12.2. The molecule has 0 atom stereocenters. The summed E-state index contributed by atoms with van der Waals surface area (Å²) in [6.07, 6.45) is 3.96. The molecule has 1 amide bonds. The van der Waals surface area contributed by atoms with Crippen molar-refractivity contribution in [2.45, 2.75) is 39.5 Å². The van der Waals surface area contributed by atoms with E-state index in [-0.39, 0.29) is 17.7 Å². The minimum Gasteiger partial charge on any atom is -0.493 e. The summed E-state index contributed by atoms with van der Waals surface area (Å²) in [5, 5.41) is 12.0. The van der Waals surface area contributed by atoms with Gasteiger partial charge in [-0.1, -0.05) is 37.6 Å². The van der Waals surface area contributed by atoms with Gasteiger partial charge in [-0.25, -0.2) is 0 Å². The lowest BCUT2D eigenvalue weighted by atomic mass is 10.1. The fraction of sp³-hybridized carbons (Fsp3) is 0.346. The molecule has 0 aliphatic heterocycles. The van der Waals surface area contributed by atoms with E-state index in [1.807, 2.05) is 44.2 Å². The van der Waals surface area contributed by atoms with Gasteiger partial charge in [-0.3, -0.25) is 9.59 Å². The van der Waals surface area contributed by atoms with Gasteiger partial charge in [-0.05, 0) is 55.2 Å². The number of para-hydroxylation sites is 1. The fourth-order valence-electron chi connectivity index (χ4n) is 2.94. The minimum atomic E-state index is -0.423. The molecule has 0 aliphatic rings. The molecule has 2 aromatic carbocycles. The van der Waals surface area contributed by atoms with Gasteiger partial charge in [0.15, 0.2) is 11.5 Å². The highest BCUT2D eigenvalue weighted by Crippen LogP contribution is 2.29. The first-order valence-electron chi connectivity index (χ1n) is 11.0. The topological polar surface area (TPSA) is 97.7 Å². The first-order valence-corrected chi connectivity index (χ1v) is 11.0. The molecule has 0 spiro atoms. The van der Waals surface area contributed by atoms with E-state index in [4.69, 9.17) is 14.2 Å². The van der Waals surface area contributed by atoms with Crippen LogP contribution in [0.3, 0.4) is 0 Å². The molecule has 0 saturated heterocycles. The molecule has 7 nitrogen and oxygen atoms in total. The van der Waals surface area contributed by atoms with E-state index in [2.05, 4.69) is 5.32 Å². The van der Waals surface area contributed by atoms with Crippen LogP contribution < -0.4 is 19.5 Å². The Morgan fingerprint density at radius 2 is 1.88 bits per heavy atom. The Morgan fingerprint density at radius 1 is 1.09 bits per heavy atom. The zero-order valence-electron chi connectivity index (χ0n) is 19.3. The van der Waals surface area contributed by atoms with Crippen LogP contribution in [0.1, 0.15) is 43.7 Å². The van der Waals surface area contributed by atoms with Crippen LogP contribution in [0, 0.1) is 18.3 Å². The Hall–Kier alpha value is -3.79. The van der Waals surface area contributed by atoms with E-state index in [0.717, 1.165) is 24.2 Å². The number of nitriles is 1. The largest absolute Gasteiger partial charge is 0.493 e. The number of esters is 1. The number of amides is 1. The van der Waals surface area contributed by atoms with Crippen molar-refractivity contribution in [1.29, 1.82) is 5.26 Å². The molecule has 0 fully saturated rings. The van der Waals surface area contributed by atoms with Crippen molar-refractivity contribution in [3.05, 3.63) is 59.2 Å². The highest BCUT2D eigenvalue weighted by atomic mass is 16.6. The van der Waals surface area contributed by atoms with Gasteiger partial charge in [0.25, 0.3) is 5.91 Å². The highest BCUT2D eigenvalue weighted by Gasteiger charge is 2.13. The van der Waals surface area contributed by atoms with E-state index < -0.39 is 11.9 Å². The van der Waals surface area contributed by atoms with Gasteiger partial charge in [0, 0.05) is 13.0 Å². The lowest BCUT2D eigenvalue weighted by molar-refractivity contribution is -0.134. The second-order valence-electron chi connectivity index (χ2n) is 7.38. The van der Waals surface area contributed by atoms with Crippen molar-refractivity contribution in [1.82, 2.24) is 5.32 Å². The molecule has 33 heavy (non-hydrogen) atoms. The van der Waals surface area contributed by atoms with E-state index >= 15 is 0 Å². The summed E-state index contributed by atoms with van der Waals surface area (Å²) >= 11 is 0. The standard InChI is InChI=1S/C26H30N2O5/c1-4-5-14-28-26(30)21(18-27)16-20-12-13-23(24(17-20)31-3)33-25(29)11-8-15-32-22-10-7-6-9-19(22)2/h6-7,9-10,12-13,16-17H,4-5,8,11,14-15H2,1-3H3,(H,28,30)/b21-16+. The number of benzene rings is 2. The Kier molecular flexibility index (Phi) is 10.5. The van der Waals surface area contributed by atoms with Crippen LogP contribution in [0.5, 0.6) is 17.2 Å². The normalized spacial score (nSPS) is 10.8. The number of aryl methyl sites for hydroxylation is 1. The molecule has 174 valence electrons.